The molecular weight excluding hydrogens is 275 g/mol. The van der Waals surface area contributed by atoms with Crippen LogP contribution in [0, 0.1) is 5.82 Å². The molecular formula is C15H19FN2O3. The third-order valence-electron chi connectivity index (χ3n) is 2.71. The predicted molar refractivity (Wildman–Crippen MR) is 77.1 cm³/mol. The molecule has 1 atom stereocenters. The largest absolute Gasteiger partial charge is 0.491 e. The minimum Gasteiger partial charge on any atom is -0.491 e. The maximum absolute atomic E-state index is 12.8. The van der Waals surface area contributed by atoms with Crippen molar-refractivity contribution in [2.75, 3.05) is 13.2 Å². The second kappa shape index (κ2) is 6.11. The van der Waals surface area contributed by atoms with Gasteiger partial charge in [-0.05, 0) is 45.0 Å². The van der Waals surface area contributed by atoms with Crippen LogP contribution >= 0.6 is 0 Å². The Kier molecular flexibility index (Phi) is 4.45. The SMILES string of the molecule is CC(C)(C)OC(=O)N1C=NC(COc2ccc(F)cc2)C1. The Balaban J connectivity index is 1.79. The molecule has 1 unspecified atom stereocenters. The van der Waals surface area contributed by atoms with E-state index in [4.69, 9.17) is 9.47 Å². The first-order valence-electron chi connectivity index (χ1n) is 6.75. The van der Waals surface area contributed by atoms with E-state index >= 15 is 0 Å². The highest BCUT2D eigenvalue weighted by atomic mass is 19.1. The number of amides is 1. The molecule has 0 spiro atoms. The van der Waals surface area contributed by atoms with Gasteiger partial charge in [0.2, 0.25) is 0 Å². The molecule has 0 radical (unpaired) electrons. The monoisotopic (exact) mass is 294 g/mol. The number of ether oxygens (including phenoxy) is 2. The molecule has 2 rings (SSSR count). The molecule has 1 aliphatic rings. The molecule has 1 amide bonds. The maximum Gasteiger partial charge on any atom is 0.415 e. The lowest BCUT2D eigenvalue weighted by Crippen LogP contribution is -2.37. The second-order valence-corrected chi connectivity index (χ2v) is 5.82. The van der Waals surface area contributed by atoms with Gasteiger partial charge in [-0.15, -0.1) is 0 Å². The van der Waals surface area contributed by atoms with Gasteiger partial charge in [0, 0.05) is 0 Å². The predicted octanol–water partition coefficient (Wildman–Crippen LogP) is 2.85. The summed E-state index contributed by atoms with van der Waals surface area (Å²) in [5.74, 6) is 0.264. The van der Waals surface area contributed by atoms with Crippen molar-refractivity contribution in [3.05, 3.63) is 30.1 Å². The highest BCUT2D eigenvalue weighted by Crippen LogP contribution is 2.15. The molecule has 1 aliphatic heterocycles. The van der Waals surface area contributed by atoms with Crippen molar-refractivity contribution < 1.29 is 18.7 Å². The van der Waals surface area contributed by atoms with E-state index in [1.54, 1.807) is 12.1 Å². The molecule has 1 heterocycles. The minimum atomic E-state index is -0.534. The van der Waals surface area contributed by atoms with Crippen LogP contribution < -0.4 is 4.74 Å². The summed E-state index contributed by atoms with van der Waals surface area (Å²) in [5, 5.41) is 0. The Labute approximate surface area is 123 Å². The Morgan fingerprint density at radius 2 is 2.05 bits per heavy atom. The fourth-order valence-electron chi connectivity index (χ4n) is 1.76. The van der Waals surface area contributed by atoms with Crippen molar-refractivity contribution in [1.82, 2.24) is 4.90 Å². The molecule has 1 aromatic rings. The zero-order chi connectivity index (χ0) is 15.5. The highest BCUT2D eigenvalue weighted by molar-refractivity contribution is 5.84. The third kappa shape index (κ3) is 4.73. The second-order valence-electron chi connectivity index (χ2n) is 5.82. The van der Waals surface area contributed by atoms with Gasteiger partial charge in [-0.25, -0.2) is 9.18 Å². The van der Waals surface area contributed by atoms with Crippen molar-refractivity contribution in [3.8, 4) is 5.75 Å². The molecule has 6 heteroatoms. The Bertz CT molecular complexity index is 523. The summed E-state index contributed by atoms with van der Waals surface area (Å²) in [6.07, 6.45) is 1.04. The fourth-order valence-corrected chi connectivity index (χ4v) is 1.76. The zero-order valence-corrected chi connectivity index (χ0v) is 12.4. The molecule has 0 saturated carbocycles. The van der Waals surface area contributed by atoms with Gasteiger partial charge < -0.3 is 9.47 Å². The first-order valence-corrected chi connectivity index (χ1v) is 6.75. The van der Waals surface area contributed by atoms with Gasteiger partial charge in [-0.2, -0.15) is 0 Å². The van der Waals surface area contributed by atoms with Gasteiger partial charge in [-0.3, -0.25) is 9.89 Å². The van der Waals surface area contributed by atoms with Gasteiger partial charge in [-0.1, -0.05) is 0 Å². The van der Waals surface area contributed by atoms with Gasteiger partial charge in [0.15, 0.2) is 0 Å². The summed E-state index contributed by atoms with van der Waals surface area (Å²) in [4.78, 5) is 17.5. The van der Waals surface area contributed by atoms with Gasteiger partial charge in [0.05, 0.1) is 12.9 Å². The molecule has 0 aromatic heterocycles. The summed E-state index contributed by atoms with van der Waals surface area (Å²) in [5.41, 5.74) is -0.534. The lowest BCUT2D eigenvalue weighted by atomic mass is 10.2. The van der Waals surface area contributed by atoms with Gasteiger partial charge >= 0.3 is 6.09 Å². The van der Waals surface area contributed by atoms with Crippen molar-refractivity contribution in [3.63, 3.8) is 0 Å². The third-order valence-corrected chi connectivity index (χ3v) is 2.71. The number of rotatable bonds is 3. The number of hydrogen-bond acceptors (Lipinski definition) is 4. The van der Waals surface area contributed by atoms with E-state index in [2.05, 4.69) is 4.99 Å². The summed E-state index contributed by atoms with van der Waals surface area (Å²) in [6, 6.07) is 5.63. The van der Waals surface area contributed by atoms with Gasteiger partial charge in [0.1, 0.15) is 29.8 Å². The average molecular weight is 294 g/mol. The van der Waals surface area contributed by atoms with Crippen LogP contribution in [0.2, 0.25) is 0 Å². The van der Waals surface area contributed by atoms with Crippen LogP contribution in [0.1, 0.15) is 20.8 Å². The Hall–Kier alpha value is -2.11. The number of hydrogen-bond donors (Lipinski definition) is 0. The van der Waals surface area contributed by atoms with E-state index < -0.39 is 11.7 Å². The molecule has 1 aromatic carbocycles. The number of carbonyl (C=O) groups excluding carboxylic acids is 1. The fraction of sp³-hybridized carbons (Fsp3) is 0.467. The summed E-state index contributed by atoms with van der Waals surface area (Å²) in [6.45, 7) is 6.17. The van der Waals surface area contributed by atoms with Gasteiger partial charge in [0.25, 0.3) is 0 Å². The van der Waals surface area contributed by atoms with E-state index in [-0.39, 0.29) is 11.9 Å². The molecule has 0 N–H and O–H groups in total. The minimum absolute atomic E-state index is 0.150. The van der Waals surface area contributed by atoms with Crippen LogP contribution in [-0.2, 0) is 4.74 Å². The van der Waals surface area contributed by atoms with Crippen LogP contribution in [-0.4, -0.2) is 42.1 Å². The molecule has 5 nitrogen and oxygen atoms in total. The topological polar surface area (TPSA) is 51.1 Å². The van der Waals surface area contributed by atoms with E-state index in [0.29, 0.717) is 18.9 Å². The Morgan fingerprint density at radius 3 is 2.67 bits per heavy atom. The summed E-state index contributed by atoms with van der Waals surface area (Å²) in [7, 11) is 0. The van der Waals surface area contributed by atoms with Crippen molar-refractivity contribution in [2.24, 2.45) is 4.99 Å². The molecule has 0 saturated heterocycles. The number of nitrogens with zero attached hydrogens (tertiary/aromatic N) is 2. The van der Waals surface area contributed by atoms with E-state index in [0.717, 1.165) is 0 Å². The Morgan fingerprint density at radius 1 is 1.38 bits per heavy atom. The van der Waals surface area contributed by atoms with Crippen LogP contribution in [0.3, 0.4) is 0 Å². The molecule has 0 aliphatic carbocycles. The summed E-state index contributed by atoms with van der Waals surface area (Å²) >= 11 is 0. The number of benzene rings is 1. The first kappa shape index (κ1) is 15.3. The first-order chi connectivity index (χ1) is 9.83. The molecule has 114 valence electrons. The van der Waals surface area contributed by atoms with Crippen LogP contribution in [0.4, 0.5) is 9.18 Å². The van der Waals surface area contributed by atoms with E-state index in [1.165, 1.54) is 23.4 Å². The van der Waals surface area contributed by atoms with Crippen molar-refractivity contribution in [1.29, 1.82) is 0 Å². The summed E-state index contributed by atoms with van der Waals surface area (Å²) < 4.78 is 23.5. The normalized spacial score (nSPS) is 17.9. The lowest BCUT2D eigenvalue weighted by Gasteiger charge is -2.23. The molecule has 0 fully saturated rings. The van der Waals surface area contributed by atoms with E-state index in [1.807, 2.05) is 20.8 Å². The van der Waals surface area contributed by atoms with E-state index in [9.17, 15) is 9.18 Å². The maximum atomic E-state index is 12.8. The molecule has 21 heavy (non-hydrogen) atoms. The van der Waals surface area contributed by atoms with Crippen LogP contribution in [0.25, 0.3) is 0 Å². The zero-order valence-electron chi connectivity index (χ0n) is 12.4. The van der Waals surface area contributed by atoms with Crippen LogP contribution in [0.5, 0.6) is 5.75 Å². The highest BCUT2D eigenvalue weighted by Gasteiger charge is 2.27. The quantitative estimate of drug-likeness (QED) is 0.861. The number of halogens is 1. The lowest BCUT2D eigenvalue weighted by molar-refractivity contribution is 0.0379. The van der Waals surface area contributed by atoms with Crippen molar-refractivity contribution in [2.45, 2.75) is 32.4 Å². The smallest absolute Gasteiger partial charge is 0.415 e. The van der Waals surface area contributed by atoms with Crippen LogP contribution in [0.15, 0.2) is 29.3 Å². The van der Waals surface area contributed by atoms with Crippen molar-refractivity contribution >= 4 is 12.4 Å². The molecule has 0 bridgehead atoms. The average Bonchev–Trinajstić information content (AvgIpc) is 2.85. The standard InChI is InChI=1S/C15H19FN2O3/c1-15(2,3)21-14(19)18-8-12(17-10-18)9-20-13-6-4-11(16)5-7-13/h4-7,10,12H,8-9H2,1-3H3. The number of aliphatic imine (C=N–C) groups is 1. The number of carbonyl (C=O) groups is 1.